The summed E-state index contributed by atoms with van der Waals surface area (Å²) in [6.45, 7) is 4.28. The van der Waals surface area contributed by atoms with E-state index in [0.29, 0.717) is 39.3 Å². The largest absolute Gasteiger partial charge is 0.497 e. The van der Waals surface area contributed by atoms with Crippen LogP contribution in [0.4, 0.5) is 15.3 Å². The van der Waals surface area contributed by atoms with E-state index < -0.39 is 0 Å². The first kappa shape index (κ1) is 19.8. The Hall–Kier alpha value is -2.97. The molecule has 1 aromatic carbocycles. The van der Waals surface area contributed by atoms with Crippen LogP contribution >= 0.6 is 0 Å². The van der Waals surface area contributed by atoms with Gasteiger partial charge in [0.05, 0.1) is 19.8 Å². The van der Waals surface area contributed by atoms with Crippen molar-refractivity contribution >= 4 is 23.7 Å². The molecule has 0 aromatic heterocycles. The number of carbonyl (C=O) groups is 3. The molecule has 2 aliphatic heterocycles. The van der Waals surface area contributed by atoms with Gasteiger partial charge < -0.3 is 29.5 Å². The van der Waals surface area contributed by atoms with Gasteiger partial charge >= 0.3 is 12.1 Å². The van der Waals surface area contributed by atoms with Gasteiger partial charge in [-0.3, -0.25) is 4.79 Å². The van der Waals surface area contributed by atoms with Gasteiger partial charge in [0.2, 0.25) is 5.91 Å². The average molecular weight is 390 g/mol. The number of ether oxygens (including phenoxy) is 2. The van der Waals surface area contributed by atoms with Gasteiger partial charge in [0, 0.05) is 44.8 Å². The molecule has 0 unspecified atom stereocenters. The molecule has 28 heavy (non-hydrogen) atoms. The topological polar surface area (TPSA) is 91.4 Å². The monoisotopic (exact) mass is 390 g/mol. The van der Waals surface area contributed by atoms with Crippen molar-refractivity contribution in [3.8, 4) is 5.75 Å². The maximum absolute atomic E-state index is 12.5. The molecule has 9 heteroatoms. The zero-order valence-electron chi connectivity index (χ0n) is 16.2. The molecule has 3 rings (SSSR count). The van der Waals surface area contributed by atoms with Gasteiger partial charge in [-0.2, -0.15) is 0 Å². The predicted octanol–water partition coefficient (Wildman–Crippen LogP) is 1.28. The Morgan fingerprint density at radius 3 is 2.36 bits per heavy atom. The van der Waals surface area contributed by atoms with Gasteiger partial charge in [-0.15, -0.1) is 0 Å². The second-order valence-corrected chi connectivity index (χ2v) is 6.73. The van der Waals surface area contributed by atoms with E-state index in [0.717, 1.165) is 11.4 Å². The molecular formula is C19H26N4O5. The summed E-state index contributed by atoms with van der Waals surface area (Å²) in [5, 5.41) is 2.94. The van der Waals surface area contributed by atoms with Gasteiger partial charge in [0.1, 0.15) is 5.75 Å². The fraction of sp³-hybridized carbons (Fsp3) is 0.526. The molecule has 1 N–H and O–H groups in total. The molecule has 9 nitrogen and oxygen atoms in total. The van der Waals surface area contributed by atoms with E-state index in [1.807, 2.05) is 12.1 Å². The molecule has 4 amide bonds. The summed E-state index contributed by atoms with van der Waals surface area (Å²) in [5.74, 6) is 0.699. The third kappa shape index (κ3) is 4.47. The molecule has 1 aromatic rings. The number of carbonyl (C=O) groups excluding carboxylic acids is 3. The Bertz CT molecular complexity index is 716. The average Bonchev–Trinajstić information content (AvgIpc) is 3.08. The molecule has 0 radical (unpaired) electrons. The number of hydrogen-bond acceptors (Lipinski definition) is 5. The highest BCUT2D eigenvalue weighted by Gasteiger charge is 2.33. The Balaban J connectivity index is 1.50. The smallest absolute Gasteiger partial charge is 0.409 e. The number of anilines is 1. The number of nitrogens with one attached hydrogen (secondary N) is 1. The van der Waals surface area contributed by atoms with Crippen molar-refractivity contribution in [2.24, 2.45) is 0 Å². The molecular weight excluding hydrogens is 364 g/mol. The Morgan fingerprint density at radius 1 is 1.11 bits per heavy atom. The number of methoxy groups -OCH3 is 1. The van der Waals surface area contributed by atoms with E-state index >= 15 is 0 Å². The van der Waals surface area contributed by atoms with Crippen molar-refractivity contribution in [2.45, 2.75) is 19.4 Å². The van der Waals surface area contributed by atoms with Crippen LogP contribution in [0.15, 0.2) is 24.3 Å². The maximum Gasteiger partial charge on any atom is 0.409 e. The normalized spacial score (nSPS) is 19.6. The van der Waals surface area contributed by atoms with Crippen molar-refractivity contribution < 1.29 is 23.9 Å². The van der Waals surface area contributed by atoms with Crippen LogP contribution in [0.2, 0.25) is 0 Å². The van der Waals surface area contributed by atoms with Crippen LogP contribution < -0.4 is 15.0 Å². The second-order valence-electron chi connectivity index (χ2n) is 6.73. The highest BCUT2D eigenvalue weighted by Crippen LogP contribution is 2.24. The standard InChI is InChI=1S/C19H26N4O5/c1-3-28-19(26)22-10-8-21(9-11-22)18(25)20-14-12-17(24)23(13-14)15-4-6-16(27-2)7-5-15/h4-7,14H,3,8-13H2,1-2H3,(H,20,25)/t14-/m0/s1. The summed E-state index contributed by atoms with van der Waals surface area (Å²) in [6.07, 6.45) is -0.0836. The molecule has 0 spiro atoms. The van der Waals surface area contributed by atoms with Crippen molar-refractivity contribution in [3.05, 3.63) is 24.3 Å². The SMILES string of the molecule is CCOC(=O)N1CCN(C(=O)N[C@H]2CC(=O)N(c3ccc(OC)cc3)C2)CC1. The number of nitrogens with zero attached hydrogens (tertiary/aromatic N) is 3. The lowest BCUT2D eigenvalue weighted by Crippen LogP contribution is -2.54. The minimum atomic E-state index is -0.348. The summed E-state index contributed by atoms with van der Waals surface area (Å²) in [4.78, 5) is 41.5. The van der Waals surface area contributed by atoms with Crippen molar-refractivity contribution in [1.82, 2.24) is 15.1 Å². The minimum Gasteiger partial charge on any atom is -0.497 e. The molecule has 0 saturated carbocycles. The second kappa shape index (κ2) is 8.81. The van der Waals surface area contributed by atoms with Crippen molar-refractivity contribution in [1.29, 1.82) is 0 Å². The molecule has 2 aliphatic rings. The van der Waals surface area contributed by atoms with Gasteiger partial charge in [-0.1, -0.05) is 0 Å². The lowest BCUT2D eigenvalue weighted by atomic mass is 10.2. The molecule has 2 fully saturated rings. The molecule has 0 aliphatic carbocycles. The van der Waals surface area contributed by atoms with Gasteiger partial charge in [0.25, 0.3) is 0 Å². The summed E-state index contributed by atoms with van der Waals surface area (Å²) in [6, 6.07) is 6.81. The first-order chi connectivity index (χ1) is 13.5. The number of rotatable bonds is 4. The molecule has 2 saturated heterocycles. The van der Waals surface area contributed by atoms with Crippen LogP contribution in [-0.4, -0.2) is 80.3 Å². The van der Waals surface area contributed by atoms with Gasteiger partial charge in [-0.05, 0) is 31.2 Å². The summed E-state index contributed by atoms with van der Waals surface area (Å²) >= 11 is 0. The predicted molar refractivity (Wildman–Crippen MR) is 102 cm³/mol. The van der Waals surface area contributed by atoms with E-state index in [4.69, 9.17) is 9.47 Å². The number of amides is 4. The summed E-state index contributed by atoms with van der Waals surface area (Å²) < 4.78 is 10.1. The van der Waals surface area contributed by atoms with Crippen LogP contribution in [-0.2, 0) is 9.53 Å². The van der Waals surface area contributed by atoms with Gasteiger partial charge in [-0.25, -0.2) is 9.59 Å². The summed E-state index contributed by atoms with van der Waals surface area (Å²) in [7, 11) is 1.59. The Kier molecular flexibility index (Phi) is 6.23. The quantitative estimate of drug-likeness (QED) is 0.836. The molecule has 2 heterocycles. The van der Waals surface area contributed by atoms with E-state index in [-0.39, 0.29) is 30.5 Å². The zero-order valence-corrected chi connectivity index (χ0v) is 16.2. The zero-order chi connectivity index (χ0) is 20.1. The fourth-order valence-electron chi connectivity index (χ4n) is 3.39. The maximum atomic E-state index is 12.5. The van der Waals surface area contributed by atoms with E-state index in [2.05, 4.69) is 5.32 Å². The van der Waals surface area contributed by atoms with Crippen LogP contribution in [0.25, 0.3) is 0 Å². The van der Waals surface area contributed by atoms with E-state index in [9.17, 15) is 14.4 Å². The molecule has 1 atom stereocenters. The van der Waals surface area contributed by atoms with Crippen molar-refractivity contribution in [2.75, 3.05) is 51.3 Å². The highest BCUT2D eigenvalue weighted by atomic mass is 16.6. The molecule has 0 bridgehead atoms. The Morgan fingerprint density at radius 2 is 1.75 bits per heavy atom. The van der Waals surface area contributed by atoms with Gasteiger partial charge in [0.15, 0.2) is 0 Å². The lowest BCUT2D eigenvalue weighted by Gasteiger charge is -2.34. The third-order valence-corrected chi connectivity index (χ3v) is 4.93. The van der Waals surface area contributed by atoms with Crippen LogP contribution in [0, 0.1) is 0 Å². The molecule has 152 valence electrons. The first-order valence-electron chi connectivity index (χ1n) is 9.43. The number of piperazine rings is 1. The Labute approximate surface area is 164 Å². The highest BCUT2D eigenvalue weighted by molar-refractivity contribution is 5.96. The van der Waals surface area contributed by atoms with Crippen molar-refractivity contribution in [3.63, 3.8) is 0 Å². The van der Waals surface area contributed by atoms with Crippen LogP contribution in [0.1, 0.15) is 13.3 Å². The lowest BCUT2D eigenvalue weighted by molar-refractivity contribution is -0.117. The number of hydrogen-bond donors (Lipinski definition) is 1. The number of urea groups is 1. The minimum absolute atomic E-state index is 0.0254. The fourth-order valence-corrected chi connectivity index (χ4v) is 3.39. The third-order valence-electron chi connectivity index (χ3n) is 4.93. The summed E-state index contributed by atoms with van der Waals surface area (Å²) in [5.41, 5.74) is 0.783. The van der Waals surface area contributed by atoms with Crippen LogP contribution in [0.5, 0.6) is 5.75 Å². The first-order valence-corrected chi connectivity index (χ1v) is 9.43. The van der Waals surface area contributed by atoms with E-state index in [1.54, 1.807) is 40.9 Å². The van der Waals surface area contributed by atoms with Crippen LogP contribution in [0.3, 0.4) is 0 Å². The van der Waals surface area contributed by atoms with E-state index in [1.165, 1.54) is 0 Å². The number of benzene rings is 1.